The number of piperidine rings is 1. The molecule has 0 spiro atoms. The maximum atomic E-state index is 12.0. The Kier molecular flexibility index (Phi) is 4.89. The molecule has 0 radical (unpaired) electrons. The van der Waals surface area contributed by atoms with Gasteiger partial charge in [-0.05, 0) is 31.5 Å². The van der Waals surface area contributed by atoms with Crippen molar-refractivity contribution >= 4 is 23.6 Å². The summed E-state index contributed by atoms with van der Waals surface area (Å²) >= 11 is -0.392. The van der Waals surface area contributed by atoms with E-state index >= 15 is 0 Å². The van der Waals surface area contributed by atoms with Gasteiger partial charge >= 0.3 is 11.5 Å². The van der Waals surface area contributed by atoms with Crippen molar-refractivity contribution in [3.63, 3.8) is 0 Å². The molecular weight excluding hydrogens is 271 g/mol. The standard InChI is InChI=1S/C10H14F3NO3S/c1-6-7(9(16)17)3-2-4-14(6)8(15)5-18-10(11,12)13/h6-7H,2-5H2,1H3,(H,16,17)/t6-,7-/m1/s1. The van der Waals surface area contributed by atoms with E-state index in [0.29, 0.717) is 19.4 Å². The van der Waals surface area contributed by atoms with Crippen LogP contribution in [0.4, 0.5) is 13.2 Å². The van der Waals surface area contributed by atoms with Crippen LogP contribution in [0.15, 0.2) is 0 Å². The summed E-state index contributed by atoms with van der Waals surface area (Å²) in [4.78, 5) is 23.8. The predicted octanol–water partition coefficient (Wildman–Crippen LogP) is 1.95. The molecule has 104 valence electrons. The first-order valence-corrected chi connectivity index (χ1v) is 6.44. The van der Waals surface area contributed by atoms with Crippen molar-refractivity contribution in [2.24, 2.45) is 5.92 Å². The van der Waals surface area contributed by atoms with Crippen molar-refractivity contribution in [2.45, 2.75) is 31.3 Å². The lowest BCUT2D eigenvalue weighted by atomic mass is 9.90. The van der Waals surface area contributed by atoms with Crippen LogP contribution in [0.25, 0.3) is 0 Å². The average Bonchev–Trinajstić information content (AvgIpc) is 2.24. The minimum atomic E-state index is -4.44. The first-order valence-electron chi connectivity index (χ1n) is 5.45. The zero-order valence-corrected chi connectivity index (χ0v) is 10.6. The van der Waals surface area contributed by atoms with E-state index in [9.17, 15) is 22.8 Å². The lowest BCUT2D eigenvalue weighted by Gasteiger charge is -2.37. The minimum absolute atomic E-state index is 0.322. The first-order chi connectivity index (χ1) is 8.22. The fourth-order valence-corrected chi connectivity index (χ4v) is 2.50. The summed E-state index contributed by atoms with van der Waals surface area (Å²) in [5.41, 5.74) is -4.44. The lowest BCUT2D eigenvalue weighted by molar-refractivity contribution is -0.148. The fourth-order valence-electron chi connectivity index (χ4n) is 2.05. The molecule has 1 aliphatic rings. The summed E-state index contributed by atoms with van der Waals surface area (Å²) in [7, 11) is 0. The number of halogens is 3. The second-order valence-corrected chi connectivity index (χ2v) is 5.19. The molecule has 1 rings (SSSR count). The summed E-state index contributed by atoms with van der Waals surface area (Å²) in [6.45, 7) is 1.89. The van der Waals surface area contributed by atoms with E-state index in [-0.39, 0.29) is 0 Å². The van der Waals surface area contributed by atoms with Crippen LogP contribution in [-0.2, 0) is 9.59 Å². The molecule has 0 aromatic carbocycles. The number of carbonyl (C=O) groups excluding carboxylic acids is 1. The Morgan fingerprint density at radius 2 is 2.06 bits per heavy atom. The molecule has 1 saturated heterocycles. The van der Waals surface area contributed by atoms with Crippen LogP contribution in [0.3, 0.4) is 0 Å². The van der Waals surface area contributed by atoms with Crippen molar-refractivity contribution in [1.82, 2.24) is 4.90 Å². The number of amides is 1. The molecule has 1 aliphatic heterocycles. The van der Waals surface area contributed by atoms with Gasteiger partial charge in [0.15, 0.2) is 0 Å². The molecule has 1 N–H and O–H groups in total. The van der Waals surface area contributed by atoms with E-state index in [2.05, 4.69) is 0 Å². The van der Waals surface area contributed by atoms with Gasteiger partial charge in [-0.25, -0.2) is 0 Å². The molecule has 1 heterocycles. The van der Waals surface area contributed by atoms with Gasteiger partial charge in [-0.2, -0.15) is 13.2 Å². The Morgan fingerprint density at radius 3 is 2.56 bits per heavy atom. The van der Waals surface area contributed by atoms with Crippen LogP contribution in [0.2, 0.25) is 0 Å². The van der Waals surface area contributed by atoms with Crippen molar-refractivity contribution in [2.75, 3.05) is 12.3 Å². The number of carboxylic acids is 1. The number of nitrogens with zero attached hydrogens (tertiary/aromatic N) is 1. The third-order valence-electron chi connectivity index (χ3n) is 2.98. The second-order valence-electron chi connectivity index (χ2n) is 4.15. The van der Waals surface area contributed by atoms with Gasteiger partial charge in [0, 0.05) is 12.6 Å². The average molecular weight is 285 g/mol. The highest BCUT2D eigenvalue weighted by Crippen LogP contribution is 2.31. The topological polar surface area (TPSA) is 57.6 Å². The van der Waals surface area contributed by atoms with Crippen molar-refractivity contribution < 1.29 is 27.9 Å². The van der Waals surface area contributed by atoms with Crippen molar-refractivity contribution in [1.29, 1.82) is 0 Å². The van der Waals surface area contributed by atoms with Gasteiger partial charge in [-0.15, -0.1) is 0 Å². The van der Waals surface area contributed by atoms with E-state index in [4.69, 9.17) is 5.11 Å². The van der Waals surface area contributed by atoms with Crippen LogP contribution < -0.4 is 0 Å². The normalized spacial score (nSPS) is 25.0. The van der Waals surface area contributed by atoms with E-state index in [1.165, 1.54) is 4.90 Å². The second kappa shape index (κ2) is 5.81. The summed E-state index contributed by atoms with van der Waals surface area (Å²) in [6.07, 6.45) is 0.955. The number of hydrogen-bond donors (Lipinski definition) is 1. The number of aliphatic carboxylic acids is 1. The van der Waals surface area contributed by atoms with Gasteiger partial charge in [-0.3, -0.25) is 9.59 Å². The summed E-state index contributed by atoms with van der Waals surface area (Å²) in [6, 6.07) is -0.558. The molecule has 1 fully saturated rings. The van der Waals surface area contributed by atoms with Crippen LogP contribution in [0.5, 0.6) is 0 Å². The molecule has 4 nitrogen and oxygen atoms in total. The largest absolute Gasteiger partial charge is 0.481 e. The smallest absolute Gasteiger partial charge is 0.442 e. The Balaban J connectivity index is 2.59. The number of hydrogen-bond acceptors (Lipinski definition) is 3. The van der Waals surface area contributed by atoms with Crippen molar-refractivity contribution in [3.05, 3.63) is 0 Å². The maximum absolute atomic E-state index is 12.0. The van der Waals surface area contributed by atoms with Crippen LogP contribution in [-0.4, -0.2) is 45.7 Å². The maximum Gasteiger partial charge on any atom is 0.442 e. The molecule has 18 heavy (non-hydrogen) atoms. The Hall–Kier alpha value is -0.920. The zero-order valence-electron chi connectivity index (χ0n) is 9.74. The van der Waals surface area contributed by atoms with Crippen LogP contribution in [0, 0.1) is 5.92 Å². The SMILES string of the molecule is C[C@@H]1[C@H](C(=O)O)CCCN1C(=O)CSC(F)(F)F. The lowest BCUT2D eigenvalue weighted by Crippen LogP contribution is -2.49. The third-order valence-corrected chi connectivity index (χ3v) is 3.70. The van der Waals surface area contributed by atoms with E-state index in [1.54, 1.807) is 6.92 Å². The highest BCUT2D eigenvalue weighted by Gasteiger charge is 2.37. The highest BCUT2D eigenvalue weighted by molar-refractivity contribution is 8.00. The quantitative estimate of drug-likeness (QED) is 0.861. The highest BCUT2D eigenvalue weighted by atomic mass is 32.2. The number of carboxylic acid groups (broad SMARTS) is 1. The molecule has 0 aromatic heterocycles. The molecule has 8 heteroatoms. The summed E-state index contributed by atoms with van der Waals surface area (Å²) in [5, 5.41) is 8.94. The summed E-state index contributed by atoms with van der Waals surface area (Å²) < 4.78 is 36.0. The molecule has 0 saturated carbocycles. The number of alkyl halides is 3. The molecule has 0 unspecified atom stereocenters. The molecule has 0 bridgehead atoms. The minimum Gasteiger partial charge on any atom is -0.481 e. The van der Waals surface area contributed by atoms with Crippen LogP contribution in [0.1, 0.15) is 19.8 Å². The first kappa shape index (κ1) is 15.1. The number of carbonyl (C=O) groups is 2. The van der Waals surface area contributed by atoms with Gasteiger partial charge in [0.1, 0.15) is 0 Å². The van der Waals surface area contributed by atoms with E-state index < -0.39 is 46.9 Å². The Bertz CT molecular complexity index is 335. The molecule has 2 atom stereocenters. The zero-order chi connectivity index (χ0) is 13.9. The van der Waals surface area contributed by atoms with Gasteiger partial charge < -0.3 is 10.0 Å². The number of rotatable bonds is 3. The van der Waals surface area contributed by atoms with E-state index in [0.717, 1.165) is 0 Å². The Morgan fingerprint density at radius 1 is 1.44 bits per heavy atom. The molecule has 0 aliphatic carbocycles. The Labute approximate surface area is 107 Å². The van der Waals surface area contributed by atoms with Gasteiger partial charge in [0.2, 0.25) is 5.91 Å². The van der Waals surface area contributed by atoms with Gasteiger partial charge in [0.25, 0.3) is 0 Å². The molecule has 0 aromatic rings. The monoisotopic (exact) mass is 285 g/mol. The van der Waals surface area contributed by atoms with Gasteiger partial charge in [-0.1, -0.05) is 0 Å². The van der Waals surface area contributed by atoms with Gasteiger partial charge in [0.05, 0.1) is 11.7 Å². The number of thioether (sulfide) groups is 1. The summed E-state index contributed by atoms with van der Waals surface area (Å²) in [5.74, 6) is -3.06. The third kappa shape index (κ3) is 4.08. The van der Waals surface area contributed by atoms with Crippen molar-refractivity contribution in [3.8, 4) is 0 Å². The number of likely N-dealkylation sites (tertiary alicyclic amines) is 1. The van der Waals surface area contributed by atoms with Crippen LogP contribution >= 0.6 is 11.8 Å². The van der Waals surface area contributed by atoms with E-state index in [1.807, 2.05) is 0 Å². The molecule has 1 amide bonds. The molecular formula is C10H14F3NO3S. The predicted molar refractivity (Wildman–Crippen MR) is 60.0 cm³/mol. The fraction of sp³-hybridized carbons (Fsp3) is 0.800.